The van der Waals surface area contributed by atoms with E-state index in [9.17, 15) is 4.79 Å². The SMILES string of the molecule is O=C(CCCOc1cccnc1)Nc1cccc(CO)c1. The number of hydrogen-bond donors (Lipinski definition) is 2. The smallest absolute Gasteiger partial charge is 0.224 e. The van der Waals surface area contributed by atoms with Gasteiger partial charge >= 0.3 is 0 Å². The maximum Gasteiger partial charge on any atom is 0.224 e. The monoisotopic (exact) mass is 286 g/mol. The molecule has 1 heterocycles. The maximum absolute atomic E-state index is 11.8. The first-order valence-corrected chi connectivity index (χ1v) is 6.80. The molecule has 0 spiro atoms. The number of aliphatic hydroxyl groups excluding tert-OH is 1. The maximum atomic E-state index is 11.8. The third-order valence-corrected chi connectivity index (χ3v) is 2.84. The minimum Gasteiger partial charge on any atom is -0.492 e. The van der Waals surface area contributed by atoms with Gasteiger partial charge in [-0.15, -0.1) is 0 Å². The van der Waals surface area contributed by atoms with Crippen LogP contribution in [0.3, 0.4) is 0 Å². The third kappa shape index (κ3) is 5.24. The van der Waals surface area contributed by atoms with E-state index < -0.39 is 0 Å². The topological polar surface area (TPSA) is 71.5 Å². The minimum atomic E-state index is -0.0696. The number of amides is 1. The Bertz CT molecular complexity index is 573. The van der Waals surface area contributed by atoms with Crippen LogP contribution in [0.1, 0.15) is 18.4 Å². The van der Waals surface area contributed by atoms with Crippen LogP contribution in [-0.4, -0.2) is 22.6 Å². The summed E-state index contributed by atoms with van der Waals surface area (Å²) in [6.45, 7) is 0.429. The standard InChI is InChI=1S/C16H18N2O3/c19-12-13-4-1-5-14(10-13)18-16(20)7-3-9-21-15-6-2-8-17-11-15/h1-2,4-6,8,10-11,19H,3,7,9,12H2,(H,18,20). The number of ether oxygens (including phenoxy) is 1. The summed E-state index contributed by atoms with van der Waals surface area (Å²) < 4.78 is 5.47. The van der Waals surface area contributed by atoms with Crippen molar-refractivity contribution in [2.75, 3.05) is 11.9 Å². The normalized spacial score (nSPS) is 10.1. The predicted octanol–water partition coefficient (Wildman–Crippen LogP) is 2.37. The molecule has 0 atom stereocenters. The van der Waals surface area contributed by atoms with E-state index in [1.807, 2.05) is 6.07 Å². The van der Waals surface area contributed by atoms with Crippen molar-refractivity contribution in [2.24, 2.45) is 0 Å². The van der Waals surface area contributed by atoms with E-state index in [0.717, 1.165) is 5.56 Å². The zero-order chi connectivity index (χ0) is 14.9. The average Bonchev–Trinajstić information content (AvgIpc) is 2.53. The fraction of sp³-hybridized carbons (Fsp3) is 0.250. The lowest BCUT2D eigenvalue weighted by Gasteiger charge is -2.07. The number of aliphatic hydroxyl groups is 1. The van der Waals surface area contributed by atoms with Crippen molar-refractivity contribution in [1.82, 2.24) is 4.98 Å². The Hall–Kier alpha value is -2.40. The lowest BCUT2D eigenvalue weighted by atomic mass is 10.2. The lowest BCUT2D eigenvalue weighted by molar-refractivity contribution is -0.116. The Morgan fingerprint density at radius 3 is 2.95 bits per heavy atom. The molecule has 0 fully saturated rings. The number of pyridine rings is 1. The Labute approximate surface area is 123 Å². The summed E-state index contributed by atoms with van der Waals surface area (Å²) in [6.07, 6.45) is 4.32. The summed E-state index contributed by atoms with van der Waals surface area (Å²) in [5, 5.41) is 11.8. The Balaban J connectivity index is 1.70. The lowest BCUT2D eigenvalue weighted by Crippen LogP contribution is -2.13. The number of carbonyl (C=O) groups is 1. The highest BCUT2D eigenvalue weighted by molar-refractivity contribution is 5.90. The summed E-state index contributed by atoms with van der Waals surface area (Å²) in [4.78, 5) is 15.7. The van der Waals surface area contributed by atoms with E-state index in [4.69, 9.17) is 9.84 Å². The molecule has 1 aromatic carbocycles. The van der Waals surface area contributed by atoms with Crippen molar-refractivity contribution < 1.29 is 14.6 Å². The number of hydrogen-bond acceptors (Lipinski definition) is 4. The number of nitrogens with zero attached hydrogens (tertiary/aromatic N) is 1. The molecule has 0 unspecified atom stereocenters. The molecule has 0 aliphatic rings. The molecule has 5 heteroatoms. The molecule has 110 valence electrons. The van der Waals surface area contributed by atoms with Gasteiger partial charge in [-0.2, -0.15) is 0 Å². The van der Waals surface area contributed by atoms with E-state index in [1.165, 1.54) is 0 Å². The average molecular weight is 286 g/mol. The van der Waals surface area contributed by atoms with Crippen LogP contribution in [0.2, 0.25) is 0 Å². The summed E-state index contributed by atoms with van der Waals surface area (Å²) in [5.41, 5.74) is 1.47. The van der Waals surface area contributed by atoms with Gasteiger partial charge in [0, 0.05) is 18.3 Å². The van der Waals surface area contributed by atoms with Crippen molar-refractivity contribution in [3.63, 3.8) is 0 Å². The van der Waals surface area contributed by atoms with Crippen LogP contribution in [0, 0.1) is 0 Å². The number of benzene rings is 1. The van der Waals surface area contributed by atoms with E-state index in [2.05, 4.69) is 10.3 Å². The fourth-order valence-corrected chi connectivity index (χ4v) is 1.83. The van der Waals surface area contributed by atoms with E-state index in [0.29, 0.717) is 30.9 Å². The largest absolute Gasteiger partial charge is 0.492 e. The van der Waals surface area contributed by atoms with Crippen LogP contribution < -0.4 is 10.1 Å². The van der Waals surface area contributed by atoms with Gasteiger partial charge in [-0.1, -0.05) is 12.1 Å². The molecule has 1 aromatic heterocycles. The highest BCUT2D eigenvalue weighted by Gasteiger charge is 2.03. The second-order valence-electron chi connectivity index (χ2n) is 4.55. The van der Waals surface area contributed by atoms with Gasteiger partial charge in [0.2, 0.25) is 5.91 Å². The van der Waals surface area contributed by atoms with Crippen molar-refractivity contribution >= 4 is 11.6 Å². The number of aromatic nitrogens is 1. The second-order valence-corrected chi connectivity index (χ2v) is 4.55. The van der Waals surface area contributed by atoms with Gasteiger partial charge in [0.05, 0.1) is 19.4 Å². The molecule has 21 heavy (non-hydrogen) atoms. The molecule has 1 amide bonds. The second kappa shape index (κ2) is 8.01. The van der Waals surface area contributed by atoms with Gasteiger partial charge in [0.15, 0.2) is 0 Å². The Morgan fingerprint density at radius 2 is 2.19 bits per heavy atom. The number of nitrogens with one attached hydrogen (secondary N) is 1. The van der Waals surface area contributed by atoms with E-state index >= 15 is 0 Å². The quantitative estimate of drug-likeness (QED) is 0.767. The van der Waals surface area contributed by atoms with Gasteiger partial charge in [-0.05, 0) is 36.2 Å². The van der Waals surface area contributed by atoms with Crippen molar-refractivity contribution in [2.45, 2.75) is 19.4 Å². The van der Waals surface area contributed by atoms with Crippen LogP contribution in [0.25, 0.3) is 0 Å². The Morgan fingerprint density at radius 1 is 1.29 bits per heavy atom. The van der Waals surface area contributed by atoms with Crippen LogP contribution in [-0.2, 0) is 11.4 Å². The number of rotatable bonds is 7. The van der Waals surface area contributed by atoms with Gasteiger partial charge in [-0.3, -0.25) is 9.78 Å². The van der Waals surface area contributed by atoms with Crippen LogP contribution in [0.15, 0.2) is 48.8 Å². The molecule has 0 aliphatic carbocycles. The first-order valence-electron chi connectivity index (χ1n) is 6.80. The number of anilines is 1. The molecular formula is C16H18N2O3. The summed E-state index contributed by atoms with van der Waals surface area (Å²) in [5.74, 6) is 0.633. The molecule has 2 rings (SSSR count). The molecule has 2 aromatic rings. The molecule has 0 saturated heterocycles. The first-order chi connectivity index (χ1) is 10.3. The van der Waals surface area contributed by atoms with Gasteiger partial charge in [0.1, 0.15) is 5.75 Å². The van der Waals surface area contributed by atoms with Crippen molar-refractivity contribution in [1.29, 1.82) is 0 Å². The van der Waals surface area contributed by atoms with Gasteiger partial charge < -0.3 is 15.2 Å². The highest BCUT2D eigenvalue weighted by atomic mass is 16.5. The van der Waals surface area contributed by atoms with E-state index in [1.54, 1.807) is 42.7 Å². The van der Waals surface area contributed by atoms with Crippen LogP contribution in [0.5, 0.6) is 5.75 Å². The molecule has 2 N–H and O–H groups in total. The summed E-state index contributed by atoms with van der Waals surface area (Å²) in [6, 6.07) is 10.8. The number of carbonyl (C=O) groups excluding carboxylic acids is 1. The molecule has 0 radical (unpaired) electrons. The first kappa shape index (κ1) is 15.0. The van der Waals surface area contributed by atoms with Crippen molar-refractivity contribution in [3.05, 3.63) is 54.4 Å². The van der Waals surface area contributed by atoms with Gasteiger partial charge in [-0.25, -0.2) is 0 Å². The third-order valence-electron chi connectivity index (χ3n) is 2.84. The van der Waals surface area contributed by atoms with Crippen molar-refractivity contribution in [3.8, 4) is 5.75 Å². The zero-order valence-electron chi connectivity index (χ0n) is 11.7. The molecule has 0 saturated carbocycles. The van der Waals surface area contributed by atoms with Crippen LogP contribution >= 0.6 is 0 Å². The molecule has 0 bridgehead atoms. The van der Waals surface area contributed by atoms with Crippen LogP contribution in [0.4, 0.5) is 5.69 Å². The molecule has 0 aliphatic heterocycles. The summed E-state index contributed by atoms with van der Waals surface area (Å²) >= 11 is 0. The highest BCUT2D eigenvalue weighted by Crippen LogP contribution is 2.11. The van der Waals surface area contributed by atoms with Gasteiger partial charge in [0.25, 0.3) is 0 Å². The fourth-order valence-electron chi connectivity index (χ4n) is 1.83. The Kier molecular flexibility index (Phi) is 5.72. The molecule has 5 nitrogen and oxygen atoms in total. The van der Waals surface area contributed by atoms with E-state index in [-0.39, 0.29) is 12.5 Å². The molecular weight excluding hydrogens is 268 g/mol. The minimum absolute atomic E-state index is 0.0390. The zero-order valence-corrected chi connectivity index (χ0v) is 11.7. The predicted molar refractivity (Wildman–Crippen MR) is 80.0 cm³/mol. The summed E-state index contributed by atoms with van der Waals surface area (Å²) in [7, 11) is 0.